The number of carbonyl (C=O) groups is 2. The molecule has 0 radical (unpaired) electrons. The van der Waals surface area contributed by atoms with Gasteiger partial charge in [0.15, 0.2) is 11.4 Å². The fourth-order valence-corrected chi connectivity index (χ4v) is 4.00. The van der Waals surface area contributed by atoms with Gasteiger partial charge >= 0.3 is 6.18 Å². The summed E-state index contributed by atoms with van der Waals surface area (Å²) in [6, 6.07) is 4.77. The zero-order valence-corrected chi connectivity index (χ0v) is 20.7. The van der Waals surface area contributed by atoms with Crippen LogP contribution in [0.15, 0.2) is 36.7 Å². The maximum Gasteiger partial charge on any atom is 0.416 e. The van der Waals surface area contributed by atoms with Crippen molar-refractivity contribution in [3.63, 3.8) is 0 Å². The van der Waals surface area contributed by atoms with Crippen molar-refractivity contribution in [3.8, 4) is 0 Å². The van der Waals surface area contributed by atoms with Crippen molar-refractivity contribution in [2.24, 2.45) is 5.92 Å². The van der Waals surface area contributed by atoms with Gasteiger partial charge in [-0.05, 0) is 49.3 Å². The monoisotopic (exact) mass is 534 g/mol. The minimum atomic E-state index is -4.45. The first-order chi connectivity index (χ1) is 18.3. The van der Waals surface area contributed by atoms with E-state index in [4.69, 9.17) is 4.74 Å². The summed E-state index contributed by atoms with van der Waals surface area (Å²) >= 11 is 0. The van der Waals surface area contributed by atoms with Crippen LogP contribution in [-0.2, 0) is 30.5 Å². The van der Waals surface area contributed by atoms with Crippen molar-refractivity contribution in [2.45, 2.75) is 51.5 Å². The van der Waals surface area contributed by atoms with Gasteiger partial charge in [0.05, 0.1) is 24.6 Å². The van der Waals surface area contributed by atoms with Crippen molar-refractivity contribution in [2.75, 3.05) is 19.8 Å². The van der Waals surface area contributed by atoms with Gasteiger partial charge in [-0.3, -0.25) is 19.0 Å². The molecular formula is C24H29F3N8O3. The molecule has 1 fully saturated rings. The Balaban J connectivity index is 1.15. The Labute approximate surface area is 216 Å². The van der Waals surface area contributed by atoms with Crippen LogP contribution >= 0.6 is 0 Å². The van der Waals surface area contributed by atoms with Gasteiger partial charge in [0.2, 0.25) is 0 Å². The molecule has 1 aliphatic rings. The molecular weight excluding hydrogens is 505 g/mol. The van der Waals surface area contributed by atoms with Crippen LogP contribution in [0.3, 0.4) is 0 Å². The van der Waals surface area contributed by atoms with E-state index < -0.39 is 17.6 Å². The van der Waals surface area contributed by atoms with Crippen molar-refractivity contribution >= 4 is 11.8 Å². The Kier molecular flexibility index (Phi) is 9.05. The standard InChI is InChI=1S/C24H29F3N8O3/c25-24(26,27)19-7-3-5-17(11-19)12-28-22(36)20-14-34(32-30-20)8-1-2-9-35-15-21(31-33-35)23(37)29-13-18-6-4-10-38-16-18/h3,5,7,11,14-15,18H,1-2,4,6,8-10,12-13,16H2,(H,28,36)(H,29,37). The minimum absolute atomic E-state index is 0.0669. The summed E-state index contributed by atoms with van der Waals surface area (Å²) in [5, 5.41) is 21.1. The Hall–Kier alpha value is -3.81. The van der Waals surface area contributed by atoms with E-state index in [0.717, 1.165) is 38.0 Å². The van der Waals surface area contributed by atoms with Gasteiger partial charge in [0.25, 0.3) is 11.8 Å². The van der Waals surface area contributed by atoms with Crippen molar-refractivity contribution < 1.29 is 27.5 Å². The first kappa shape index (κ1) is 27.2. The Bertz CT molecular complexity index is 1220. The number of halogens is 3. The van der Waals surface area contributed by atoms with Gasteiger partial charge < -0.3 is 15.4 Å². The van der Waals surface area contributed by atoms with Gasteiger partial charge in [0, 0.05) is 32.8 Å². The Morgan fingerprint density at radius 3 is 2.26 bits per heavy atom. The molecule has 0 aliphatic carbocycles. The third-order valence-electron chi connectivity index (χ3n) is 6.08. The molecule has 0 bridgehead atoms. The number of amides is 2. The zero-order chi connectivity index (χ0) is 27.0. The van der Waals surface area contributed by atoms with Gasteiger partial charge in [-0.15, -0.1) is 10.2 Å². The number of alkyl halides is 3. The molecule has 1 atom stereocenters. The normalized spacial score (nSPS) is 15.8. The summed E-state index contributed by atoms with van der Waals surface area (Å²) in [5.74, 6) is -0.470. The van der Waals surface area contributed by atoms with Crippen LogP contribution < -0.4 is 10.6 Å². The van der Waals surface area contributed by atoms with Gasteiger partial charge in [-0.1, -0.05) is 22.6 Å². The molecule has 4 rings (SSSR count). The van der Waals surface area contributed by atoms with Crippen LogP contribution in [0.4, 0.5) is 13.2 Å². The highest BCUT2D eigenvalue weighted by atomic mass is 19.4. The van der Waals surface area contributed by atoms with Crippen molar-refractivity contribution in [3.05, 3.63) is 59.2 Å². The zero-order valence-electron chi connectivity index (χ0n) is 20.7. The van der Waals surface area contributed by atoms with Crippen LogP contribution in [0, 0.1) is 5.92 Å². The summed E-state index contributed by atoms with van der Waals surface area (Å²) in [4.78, 5) is 24.6. The minimum Gasteiger partial charge on any atom is -0.381 e. The van der Waals surface area contributed by atoms with E-state index in [9.17, 15) is 22.8 Å². The summed E-state index contributed by atoms with van der Waals surface area (Å²) in [7, 11) is 0. The second-order valence-corrected chi connectivity index (χ2v) is 9.11. The lowest BCUT2D eigenvalue weighted by Crippen LogP contribution is -2.33. The highest BCUT2D eigenvalue weighted by Crippen LogP contribution is 2.29. The number of aromatic nitrogens is 6. The molecule has 3 heterocycles. The largest absolute Gasteiger partial charge is 0.416 e. The molecule has 2 amide bonds. The average molecular weight is 535 g/mol. The molecule has 1 unspecified atom stereocenters. The lowest BCUT2D eigenvalue weighted by Gasteiger charge is -2.21. The second-order valence-electron chi connectivity index (χ2n) is 9.11. The molecule has 1 aliphatic heterocycles. The maximum absolute atomic E-state index is 12.8. The Morgan fingerprint density at radius 2 is 1.66 bits per heavy atom. The summed E-state index contributed by atoms with van der Waals surface area (Å²) < 4.78 is 47.1. The number of aryl methyl sites for hydroxylation is 2. The highest BCUT2D eigenvalue weighted by Gasteiger charge is 2.30. The quantitative estimate of drug-likeness (QED) is 0.362. The number of benzene rings is 1. The molecule has 38 heavy (non-hydrogen) atoms. The van der Waals surface area contributed by atoms with Crippen molar-refractivity contribution in [1.82, 2.24) is 40.6 Å². The molecule has 3 aromatic rings. The number of nitrogens with zero attached hydrogens (tertiary/aromatic N) is 6. The number of carbonyl (C=O) groups excluding carboxylic acids is 2. The van der Waals surface area contributed by atoms with E-state index in [-0.39, 0.29) is 23.8 Å². The number of hydrogen-bond acceptors (Lipinski definition) is 7. The van der Waals surface area contributed by atoms with Crippen LogP contribution in [0.2, 0.25) is 0 Å². The highest BCUT2D eigenvalue weighted by molar-refractivity contribution is 5.92. The lowest BCUT2D eigenvalue weighted by atomic mass is 10.0. The van der Waals surface area contributed by atoms with Crippen molar-refractivity contribution in [1.29, 1.82) is 0 Å². The van der Waals surface area contributed by atoms with Crippen LogP contribution in [0.5, 0.6) is 0 Å². The molecule has 1 saturated heterocycles. The van der Waals surface area contributed by atoms with E-state index in [0.29, 0.717) is 44.1 Å². The third-order valence-corrected chi connectivity index (χ3v) is 6.08. The third kappa shape index (κ3) is 7.84. The van der Waals surface area contributed by atoms with E-state index in [1.807, 2.05) is 0 Å². The smallest absolute Gasteiger partial charge is 0.381 e. The molecule has 0 spiro atoms. The fourth-order valence-electron chi connectivity index (χ4n) is 4.00. The number of rotatable bonds is 11. The molecule has 11 nitrogen and oxygen atoms in total. The topological polar surface area (TPSA) is 129 Å². The van der Waals surface area contributed by atoms with Crippen LogP contribution in [0.1, 0.15) is 57.8 Å². The SMILES string of the molecule is O=C(NCc1cccc(C(F)(F)F)c1)c1cn(CCCCn2cc(C(=O)NCC3CCCOC3)nn2)nn1. The van der Waals surface area contributed by atoms with E-state index in [1.165, 1.54) is 23.0 Å². The number of hydrogen-bond donors (Lipinski definition) is 2. The molecule has 2 N–H and O–H groups in total. The lowest BCUT2D eigenvalue weighted by molar-refractivity contribution is -0.137. The number of ether oxygens (including phenoxy) is 1. The summed E-state index contributed by atoms with van der Waals surface area (Å²) in [6.45, 7) is 2.97. The molecule has 1 aromatic carbocycles. The average Bonchev–Trinajstić information content (AvgIpc) is 3.59. The summed E-state index contributed by atoms with van der Waals surface area (Å²) in [6.07, 6.45) is 2.11. The Morgan fingerprint density at radius 1 is 1.00 bits per heavy atom. The van der Waals surface area contributed by atoms with E-state index in [1.54, 1.807) is 10.9 Å². The molecule has 204 valence electrons. The van der Waals surface area contributed by atoms with Crippen LogP contribution in [-0.4, -0.2) is 61.6 Å². The first-order valence-electron chi connectivity index (χ1n) is 12.4. The number of unbranched alkanes of at least 4 members (excludes halogenated alkanes) is 1. The van der Waals surface area contributed by atoms with Gasteiger partial charge in [0.1, 0.15) is 0 Å². The first-order valence-corrected chi connectivity index (χ1v) is 12.4. The predicted octanol–water partition coefficient (Wildman–Crippen LogP) is 2.46. The molecule has 0 saturated carbocycles. The predicted molar refractivity (Wildman–Crippen MR) is 128 cm³/mol. The van der Waals surface area contributed by atoms with E-state index in [2.05, 4.69) is 31.3 Å². The van der Waals surface area contributed by atoms with Gasteiger partial charge in [-0.2, -0.15) is 13.2 Å². The summed E-state index contributed by atoms with van der Waals surface area (Å²) in [5.41, 5.74) is -0.110. The van der Waals surface area contributed by atoms with Crippen LogP contribution in [0.25, 0.3) is 0 Å². The second kappa shape index (κ2) is 12.6. The fraction of sp³-hybridized carbons (Fsp3) is 0.500. The molecule has 14 heteroatoms. The van der Waals surface area contributed by atoms with Gasteiger partial charge in [-0.25, -0.2) is 0 Å². The molecule has 2 aromatic heterocycles. The van der Waals surface area contributed by atoms with E-state index >= 15 is 0 Å². The maximum atomic E-state index is 12.8. The number of nitrogens with one attached hydrogen (secondary N) is 2.